The molecular weight excluding hydrogens is 373 g/mol. The van der Waals surface area contributed by atoms with Gasteiger partial charge in [0.1, 0.15) is 18.0 Å². The first kappa shape index (κ1) is 22.5. The number of hydrogen-bond donors (Lipinski definition) is 1. The fraction of sp³-hybridized carbons (Fsp3) is 0.435. The quantitative estimate of drug-likeness (QED) is 0.653. The Bertz CT molecular complexity index is 803. The molecule has 0 aliphatic rings. The summed E-state index contributed by atoms with van der Waals surface area (Å²) in [5.41, 5.74) is 0.708. The maximum absolute atomic E-state index is 15.2. The zero-order chi connectivity index (χ0) is 21.4. The van der Waals surface area contributed by atoms with Crippen LogP contribution >= 0.6 is 0 Å². The van der Waals surface area contributed by atoms with Crippen LogP contribution in [-0.4, -0.2) is 24.8 Å². The summed E-state index contributed by atoms with van der Waals surface area (Å²) in [5.74, 6) is 0.0838. The largest absolute Gasteiger partial charge is 0.496 e. The van der Waals surface area contributed by atoms with Gasteiger partial charge in [-0.3, -0.25) is 0 Å². The molecule has 1 unspecified atom stereocenters. The van der Waals surface area contributed by atoms with E-state index < -0.39 is 17.5 Å². The van der Waals surface area contributed by atoms with E-state index in [9.17, 15) is 4.79 Å². The summed E-state index contributed by atoms with van der Waals surface area (Å²) in [6, 6.07) is 12.5. The van der Waals surface area contributed by atoms with E-state index in [1.54, 1.807) is 32.9 Å². The number of rotatable bonds is 8. The van der Waals surface area contributed by atoms with Gasteiger partial charge in [-0.05, 0) is 51.3 Å². The van der Waals surface area contributed by atoms with Crippen molar-refractivity contribution in [1.29, 1.82) is 0 Å². The Morgan fingerprint density at radius 2 is 1.76 bits per heavy atom. The molecule has 1 N–H and O–H groups in total. The highest BCUT2D eigenvalue weighted by atomic mass is 19.1. The van der Waals surface area contributed by atoms with E-state index in [0.717, 1.165) is 5.56 Å². The van der Waals surface area contributed by atoms with E-state index in [4.69, 9.17) is 14.2 Å². The van der Waals surface area contributed by atoms with Gasteiger partial charge in [0.2, 0.25) is 0 Å². The first-order valence-corrected chi connectivity index (χ1v) is 9.75. The van der Waals surface area contributed by atoms with E-state index in [1.807, 2.05) is 37.3 Å². The number of ether oxygens (including phenoxy) is 3. The van der Waals surface area contributed by atoms with Crippen LogP contribution in [0.3, 0.4) is 0 Å². The number of nitrogens with one attached hydrogen (secondary N) is 1. The van der Waals surface area contributed by atoms with Crippen molar-refractivity contribution >= 4 is 6.09 Å². The molecule has 1 atom stereocenters. The molecule has 0 aliphatic heterocycles. The first-order chi connectivity index (χ1) is 13.7. The Balaban J connectivity index is 2.15. The van der Waals surface area contributed by atoms with Gasteiger partial charge in [-0.1, -0.05) is 37.3 Å². The van der Waals surface area contributed by atoms with Crippen LogP contribution in [0.5, 0.6) is 11.5 Å². The van der Waals surface area contributed by atoms with E-state index >= 15 is 4.39 Å². The van der Waals surface area contributed by atoms with Gasteiger partial charge >= 0.3 is 6.09 Å². The van der Waals surface area contributed by atoms with Crippen molar-refractivity contribution in [2.24, 2.45) is 0 Å². The molecule has 0 aliphatic carbocycles. The summed E-state index contributed by atoms with van der Waals surface area (Å²) >= 11 is 0. The average molecular weight is 403 g/mol. The first-order valence-electron chi connectivity index (χ1n) is 9.75. The predicted octanol–water partition coefficient (Wildman–Crippen LogP) is 5.26. The summed E-state index contributed by atoms with van der Waals surface area (Å²) in [4.78, 5) is 12.1. The second-order valence-corrected chi connectivity index (χ2v) is 7.79. The van der Waals surface area contributed by atoms with Crippen LogP contribution in [0, 0.1) is 5.82 Å². The molecule has 0 heterocycles. The SMILES string of the molecule is CCC(Cc1c(OC)ccc(OCc2ccccc2)c1F)NC(=O)OC(C)(C)C. The number of carbonyl (C=O) groups excluding carboxylic acids is 1. The number of carbonyl (C=O) groups is 1. The molecule has 2 aromatic carbocycles. The summed E-state index contributed by atoms with van der Waals surface area (Å²) in [6.07, 6.45) is 0.338. The van der Waals surface area contributed by atoms with Crippen molar-refractivity contribution in [3.63, 3.8) is 0 Å². The Labute approximate surface area is 172 Å². The van der Waals surface area contributed by atoms with Gasteiger partial charge in [0.05, 0.1) is 7.11 Å². The molecule has 2 rings (SSSR count). The minimum atomic E-state index is -0.601. The highest BCUT2D eigenvalue weighted by molar-refractivity contribution is 5.68. The molecule has 0 saturated carbocycles. The molecule has 6 heteroatoms. The third-order valence-electron chi connectivity index (χ3n) is 4.29. The number of hydrogen-bond acceptors (Lipinski definition) is 4. The van der Waals surface area contributed by atoms with Gasteiger partial charge in [0.15, 0.2) is 11.6 Å². The van der Waals surface area contributed by atoms with E-state index in [2.05, 4.69) is 5.32 Å². The number of amides is 1. The van der Waals surface area contributed by atoms with Crippen LogP contribution in [0.2, 0.25) is 0 Å². The molecule has 2 aromatic rings. The second kappa shape index (κ2) is 10.1. The second-order valence-electron chi connectivity index (χ2n) is 7.79. The van der Waals surface area contributed by atoms with Crippen molar-refractivity contribution in [2.45, 2.75) is 58.8 Å². The van der Waals surface area contributed by atoms with Gasteiger partial charge in [0.25, 0.3) is 0 Å². The van der Waals surface area contributed by atoms with Crippen molar-refractivity contribution in [2.75, 3.05) is 7.11 Å². The fourth-order valence-corrected chi connectivity index (χ4v) is 2.83. The normalized spacial score (nSPS) is 12.2. The molecule has 29 heavy (non-hydrogen) atoms. The van der Waals surface area contributed by atoms with Gasteiger partial charge in [-0.15, -0.1) is 0 Å². The van der Waals surface area contributed by atoms with E-state index in [1.165, 1.54) is 7.11 Å². The lowest BCUT2D eigenvalue weighted by atomic mass is 10.0. The van der Waals surface area contributed by atoms with Crippen LogP contribution in [0.1, 0.15) is 45.2 Å². The number of halogens is 1. The van der Waals surface area contributed by atoms with Crippen molar-refractivity contribution in [3.8, 4) is 11.5 Å². The molecule has 0 radical (unpaired) electrons. The van der Waals surface area contributed by atoms with Crippen LogP contribution in [0.4, 0.5) is 9.18 Å². The lowest BCUT2D eigenvalue weighted by Gasteiger charge is -2.24. The van der Waals surface area contributed by atoms with Gasteiger partial charge in [0, 0.05) is 11.6 Å². The Morgan fingerprint density at radius 3 is 2.34 bits per heavy atom. The summed E-state index contributed by atoms with van der Waals surface area (Å²) in [6.45, 7) is 7.57. The monoisotopic (exact) mass is 403 g/mol. The summed E-state index contributed by atoms with van der Waals surface area (Å²) < 4.78 is 31.5. The molecule has 0 aromatic heterocycles. The molecule has 0 bridgehead atoms. The van der Waals surface area contributed by atoms with E-state index in [0.29, 0.717) is 17.7 Å². The zero-order valence-electron chi connectivity index (χ0n) is 17.8. The maximum Gasteiger partial charge on any atom is 0.407 e. The minimum Gasteiger partial charge on any atom is -0.496 e. The zero-order valence-corrected chi connectivity index (χ0v) is 17.8. The van der Waals surface area contributed by atoms with Gasteiger partial charge in [-0.25, -0.2) is 9.18 Å². The highest BCUT2D eigenvalue weighted by Crippen LogP contribution is 2.31. The van der Waals surface area contributed by atoms with Crippen molar-refractivity contribution in [1.82, 2.24) is 5.32 Å². The number of alkyl carbamates (subject to hydrolysis) is 1. The topological polar surface area (TPSA) is 56.8 Å². The molecule has 0 fully saturated rings. The van der Waals surface area contributed by atoms with Crippen LogP contribution in [-0.2, 0) is 17.8 Å². The van der Waals surface area contributed by atoms with Gasteiger partial charge < -0.3 is 19.5 Å². The summed E-state index contributed by atoms with van der Waals surface area (Å²) in [7, 11) is 1.49. The molecule has 5 nitrogen and oxygen atoms in total. The maximum atomic E-state index is 15.2. The minimum absolute atomic E-state index is 0.150. The lowest BCUT2D eigenvalue weighted by molar-refractivity contribution is 0.0502. The van der Waals surface area contributed by atoms with E-state index in [-0.39, 0.29) is 24.8 Å². The highest BCUT2D eigenvalue weighted by Gasteiger charge is 2.23. The van der Waals surface area contributed by atoms with Crippen molar-refractivity contribution < 1.29 is 23.4 Å². The Hall–Kier alpha value is -2.76. The lowest BCUT2D eigenvalue weighted by Crippen LogP contribution is -2.40. The smallest absolute Gasteiger partial charge is 0.407 e. The van der Waals surface area contributed by atoms with Crippen LogP contribution < -0.4 is 14.8 Å². The van der Waals surface area contributed by atoms with Crippen molar-refractivity contribution in [3.05, 3.63) is 59.4 Å². The molecule has 1 amide bonds. The Morgan fingerprint density at radius 1 is 1.10 bits per heavy atom. The Kier molecular flexibility index (Phi) is 7.88. The average Bonchev–Trinajstić information content (AvgIpc) is 2.67. The molecule has 158 valence electrons. The fourth-order valence-electron chi connectivity index (χ4n) is 2.83. The summed E-state index contributed by atoms with van der Waals surface area (Å²) in [5, 5.41) is 2.80. The standard InChI is InChI=1S/C23H30FNO4/c1-6-17(25-22(26)29-23(2,3)4)14-18-19(27-5)12-13-20(21(18)24)28-15-16-10-8-7-9-11-16/h7-13,17H,6,14-15H2,1-5H3,(H,25,26). The third-order valence-corrected chi connectivity index (χ3v) is 4.29. The van der Waals surface area contributed by atoms with Crippen LogP contribution in [0.25, 0.3) is 0 Å². The predicted molar refractivity (Wildman–Crippen MR) is 111 cm³/mol. The number of methoxy groups -OCH3 is 1. The van der Waals surface area contributed by atoms with Gasteiger partial charge in [-0.2, -0.15) is 0 Å². The van der Waals surface area contributed by atoms with Crippen LogP contribution in [0.15, 0.2) is 42.5 Å². The molecular formula is C23H30FNO4. The molecule has 0 spiro atoms. The molecule has 0 saturated heterocycles. The third kappa shape index (κ3) is 6.97. The number of benzene rings is 2.